The Hall–Kier alpha value is -1.06. The maximum atomic E-state index is 10.5. The molecule has 1 fully saturated rings. The maximum Gasteiger partial charge on any atom is 0.125 e. The van der Waals surface area contributed by atoms with Gasteiger partial charge in [0.25, 0.3) is 0 Å². The van der Waals surface area contributed by atoms with Gasteiger partial charge in [0.2, 0.25) is 0 Å². The number of aryl methyl sites for hydroxylation is 2. The van der Waals surface area contributed by atoms with Gasteiger partial charge in [0.1, 0.15) is 12.4 Å². The van der Waals surface area contributed by atoms with Crippen molar-refractivity contribution in [2.75, 3.05) is 6.61 Å². The summed E-state index contributed by atoms with van der Waals surface area (Å²) in [5.74, 6) is 0.899. The predicted molar refractivity (Wildman–Crippen MR) is 77.3 cm³/mol. The lowest BCUT2D eigenvalue weighted by Crippen LogP contribution is -2.38. The lowest BCUT2D eigenvalue weighted by atomic mass is 9.85. The first-order chi connectivity index (χ1) is 9.04. The van der Waals surface area contributed by atoms with Gasteiger partial charge < -0.3 is 15.6 Å². The summed E-state index contributed by atoms with van der Waals surface area (Å²) in [4.78, 5) is 0. The molecule has 3 heteroatoms. The van der Waals surface area contributed by atoms with Crippen LogP contribution in [0.25, 0.3) is 0 Å². The van der Waals surface area contributed by atoms with Crippen LogP contribution in [0.1, 0.15) is 48.8 Å². The van der Waals surface area contributed by atoms with E-state index < -0.39 is 5.60 Å². The third-order valence-electron chi connectivity index (χ3n) is 4.03. The number of hydrogen-bond donors (Lipinski definition) is 2. The van der Waals surface area contributed by atoms with E-state index in [1.807, 2.05) is 13.8 Å². The number of nitrogens with two attached hydrogens (primary N) is 1. The molecular formula is C16H25NO2. The minimum atomic E-state index is -0.635. The SMILES string of the molecule is Cc1cc(CN)cc(C)c1OCC1(O)CCCCC1. The molecule has 0 aliphatic heterocycles. The molecule has 0 unspecified atom stereocenters. The largest absolute Gasteiger partial charge is 0.490 e. The van der Waals surface area contributed by atoms with Crippen molar-refractivity contribution < 1.29 is 9.84 Å². The molecule has 2 rings (SSSR count). The zero-order valence-electron chi connectivity index (χ0n) is 12.0. The highest BCUT2D eigenvalue weighted by Crippen LogP contribution is 2.31. The van der Waals surface area contributed by atoms with Gasteiger partial charge in [-0.1, -0.05) is 31.4 Å². The summed E-state index contributed by atoms with van der Waals surface area (Å²) >= 11 is 0. The summed E-state index contributed by atoms with van der Waals surface area (Å²) in [7, 11) is 0. The van der Waals surface area contributed by atoms with Gasteiger partial charge in [-0.25, -0.2) is 0 Å². The average molecular weight is 263 g/mol. The first-order valence-electron chi connectivity index (χ1n) is 7.19. The van der Waals surface area contributed by atoms with E-state index in [0.29, 0.717) is 13.2 Å². The van der Waals surface area contributed by atoms with Gasteiger partial charge in [0, 0.05) is 6.54 Å². The Morgan fingerprint density at radius 3 is 2.26 bits per heavy atom. The van der Waals surface area contributed by atoms with Gasteiger partial charge in [-0.3, -0.25) is 0 Å². The Balaban J connectivity index is 2.07. The van der Waals surface area contributed by atoms with Crippen LogP contribution in [0.2, 0.25) is 0 Å². The lowest BCUT2D eigenvalue weighted by molar-refractivity contribution is -0.0341. The number of hydrogen-bond acceptors (Lipinski definition) is 3. The maximum absolute atomic E-state index is 10.5. The van der Waals surface area contributed by atoms with E-state index in [4.69, 9.17) is 10.5 Å². The third-order valence-corrected chi connectivity index (χ3v) is 4.03. The first-order valence-corrected chi connectivity index (χ1v) is 7.19. The van der Waals surface area contributed by atoms with Crippen LogP contribution in [0.5, 0.6) is 5.75 Å². The van der Waals surface area contributed by atoms with Crippen LogP contribution in [-0.4, -0.2) is 17.3 Å². The summed E-state index contributed by atoms with van der Waals surface area (Å²) in [5, 5.41) is 10.5. The van der Waals surface area contributed by atoms with Crippen molar-refractivity contribution >= 4 is 0 Å². The number of benzene rings is 1. The molecule has 0 saturated heterocycles. The average Bonchev–Trinajstić information content (AvgIpc) is 2.38. The Bertz CT molecular complexity index is 413. The second-order valence-corrected chi connectivity index (χ2v) is 5.84. The summed E-state index contributed by atoms with van der Waals surface area (Å²) in [5.41, 5.74) is 8.35. The van der Waals surface area contributed by atoms with Gasteiger partial charge in [-0.15, -0.1) is 0 Å². The van der Waals surface area contributed by atoms with Gasteiger partial charge in [-0.2, -0.15) is 0 Å². The Morgan fingerprint density at radius 1 is 1.16 bits per heavy atom. The van der Waals surface area contributed by atoms with Crippen LogP contribution in [-0.2, 0) is 6.54 Å². The molecule has 106 valence electrons. The standard InChI is InChI=1S/C16H25NO2/c1-12-8-14(10-17)9-13(2)15(12)19-11-16(18)6-4-3-5-7-16/h8-9,18H,3-7,10-11,17H2,1-2H3. The molecular weight excluding hydrogens is 238 g/mol. The number of rotatable bonds is 4. The Kier molecular flexibility index (Phi) is 4.48. The highest BCUT2D eigenvalue weighted by Gasteiger charge is 2.30. The van der Waals surface area contributed by atoms with Crippen molar-refractivity contribution in [2.24, 2.45) is 5.73 Å². The van der Waals surface area contributed by atoms with E-state index in [0.717, 1.165) is 48.1 Å². The van der Waals surface area contributed by atoms with Crippen LogP contribution >= 0.6 is 0 Å². The molecule has 0 heterocycles. The smallest absolute Gasteiger partial charge is 0.125 e. The summed E-state index contributed by atoms with van der Waals surface area (Å²) in [6.07, 6.45) is 5.14. The molecule has 3 nitrogen and oxygen atoms in total. The minimum Gasteiger partial charge on any atom is -0.490 e. The molecule has 0 spiro atoms. The van der Waals surface area contributed by atoms with Crippen molar-refractivity contribution in [1.29, 1.82) is 0 Å². The molecule has 0 aromatic heterocycles. The molecule has 1 aromatic carbocycles. The van der Waals surface area contributed by atoms with Crippen LogP contribution in [0.3, 0.4) is 0 Å². The van der Waals surface area contributed by atoms with E-state index in [-0.39, 0.29) is 0 Å². The fourth-order valence-corrected chi connectivity index (χ4v) is 2.95. The van der Waals surface area contributed by atoms with Crippen molar-refractivity contribution in [3.63, 3.8) is 0 Å². The van der Waals surface area contributed by atoms with Gasteiger partial charge in [0.15, 0.2) is 0 Å². The summed E-state index contributed by atoms with van der Waals surface area (Å²) in [6.45, 7) is 5.02. The van der Waals surface area contributed by atoms with E-state index in [9.17, 15) is 5.11 Å². The van der Waals surface area contributed by atoms with Crippen LogP contribution in [0.4, 0.5) is 0 Å². The van der Waals surface area contributed by atoms with Crippen LogP contribution in [0.15, 0.2) is 12.1 Å². The lowest BCUT2D eigenvalue weighted by Gasteiger charge is -2.32. The molecule has 19 heavy (non-hydrogen) atoms. The molecule has 0 amide bonds. The fraction of sp³-hybridized carbons (Fsp3) is 0.625. The zero-order valence-corrected chi connectivity index (χ0v) is 12.0. The minimum absolute atomic E-state index is 0.399. The highest BCUT2D eigenvalue weighted by atomic mass is 16.5. The van der Waals surface area contributed by atoms with E-state index in [1.165, 1.54) is 6.42 Å². The summed E-state index contributed by atoms with van der Waals surface area (Å²) in [6, 6.07) is 4.13. The second-order valence-electron chi connectivity index (χ2n) is 5.84. The molecule has 0 bridgehead atoms. The van der Waals surface area contributed by atoms with Crippen molar-refractivity contribution in [1.82, 2.24) is 0 Å². The van der Waals surface area contributed by atoms with Gasteiger partial charge >= 0.3 is 0 Å². The van der Waals surface area contributed by atoms with Gasteiger partial charge in [0.05, 0.1) is 5.60 Å². The predicted octanol–water partition coefficient (Wildman–Crippen LogP) is 2.84. The van der Waals surface area contributed by atoms with E-state index in [2.05, 4.69) is 12.1 Å². The quantitative estimate of drug-likeness (QED) is 0.878. The van der Waals surface area contributed by atoms with Crippen LogP contribution in [0, 0.1) is 13.8 Å². The number of aliphatic hydroxyl groups is 1. The number of ether oxygens (including phenoxy) is 1. The molecule has 1 aliphatic carbocycles. The Morgan fingerprint density at radius 2 is 1.74 bits per heavy atom. The molecule has 0 radical (unpaired) electrons. The van der Waals surface area contributed by atoms with Gasteiger partial charge in [-0.05, 0) is 43.4 Å². The van der Waals surface area contributed by atoms with E-state index in [1.54, 1.807) is 0 Å². The monoisotopic (exact) mass is 263 g/mol. The van der Waals surface area contributed by atoms with Crippen molar-refractivity contribution in [3.05, 3.63) is 28.8 Å². The normalized spacial score (nSPS) is 18.3. The third kappa shape index (κ3) is 3.48. The van der Waals surface area contributed by atoms with Crippen molar-refractivity contribution in [3.8, 4) is 5.75 Å². The molecule has 0 atom stereocenters. The zero-order chi connectivity index (χ0) is 13.9. The molecule has 1 aliphatic rings. The first kappa shape index (κ1) is 14.4. The highest BCUT2D eigenvalue weighted by molar-refractivity contribution is 5.43. The van der Waals surface area contributed by atoms with E-state index >= 15 is 0 Å². The van der Waals surface area contributed by atoms with Crippen LogP contribution < -0.4 is 10.5 Å². The molecule has 3 N–H and O–H groups in total. The fourth-order valence-electron chi connectivity index (χ4n) is 2.95. The molecule has 1 saturated carbocycles. The topological polar surface area (TPSA) is 55.5 Å². The summed E-state index contributed by atoms with van der Waals surface area (Å²) < 4.78 is 5.92. The molecule has 1 aromatic rings. The van der Waals surface area contributed by atoms with Crippen molar-refractivity contribution in [2.45, 2.75) is 58.1 Å². The second kappa shape index (κ2) is 5.93. The Labute approximate surface area is 115 Å².